The number of nitrogens with two attached hydrogens (primary N) is 1. The standard InChI is InChI=1S/C12H16N4O/c1-2-8-14-11(17)9-15-12(13)16-10-6-4-3-5-7-10/h2-7H,1,8-9H2,(H,14,17)(H3,13,15,16). The monoisotopic (exact) mass is 232 g/mol. The van der Waals surface area contributed by atoms with Gasteiger partial charge in [-0.3, -0.25) is 4.79 Å². The number of para-hydroxylation sites is 1. The number of amides is 1. The Bertz CT molecular complexity index is 400. The van der Waals surface area contributed by atoms with Gasteiger partial charge in [0.15, 0.2) is 5.96 Å². The summed E-state index contributed by atoms with van der Waals surface area (Å²) in [5.74, 6) is 0.0210. The summed E-state index contributed by atoms with van der Waals surface area (Å²) in [5.41, 5.74) is 6.45. The highest BCUT2D eigenvalue weighted by Crippen LogP contribution is 2.03. The molecular formula is C12H16N4O. The average molecular weight is 232 g/mol. The molecule has 0 aliphatic carbocycles. The number of guanidine groups is 1. The molecule has 1 aromatic rings. The van der Waals surface area contributed by atoms with E-state index in [-0.39, 0.29) is 18.4 Å². The summed E-state index contributed by atoms with van der Waals surface area (Å²) >= 11 is 0. The van der Waals surface area contributed by atoms with E-state index in [9.17, 15) is 4.79 Å². The van der Waals surface area contributed by atoms with Gasteiger partial charge in [0.1, 0.15) is 6.54 Å². The zero-order valence-electron chi connectivity index (χ0n) is 9.52. The van der Waals surface area contributed by atoms with Crippen molar-refractivity contribution in [2.75, 3.05) is 18.4 Å². The van der Waals surface area contributed by atoms with Gasteiger partial charge in [-0.2, -0.15) is 0 Å². The lowest BCUT2D eigenvalue weighted by Gasteiger charge is -2.05. The number of aliphatic imine (C=N–C) groups is 1. The predicted octanol–water partition coefficient (Wildman–Crippen LogP) is 0.715. The molecule has 0 unspecified atom stereocenters. The van der Waals surface area contributed by atoms with Crippen LogP contribution in [0.15, 0.2) is 48.0 Å². The lowest BCUT2D eigenvalue weighted by atomic mass is 10.3. The van der Waals surface area contributed by atoms with Crippen molar-refractivity contribution in [1.82, 2.24) is 5.32 Å². The van der Waals surface area contributed by atoms with E-state index in [1.807, 2.05) is 30.3 Å². The van der Waals surface area contributed by atoms with E-state index in [0.29, 0.717) is 6.54 Å². The molecule has 1 amide bonds. The molecule has 1 aromatic carbocycles. The minimum absolute atomic E-state index is 0.000489. The van der Waals surface area contributed by atoms with Gasteiger partial charge in [-0.1, -0.05) is 24.3 Å². The van der Waals surface area contributed by atoms with Crippen LogP contribution in [0.3, 0.4) is 0 Å². The second kappa shape index (κ2) is 7.05. The lowest BCUT2D eigenvalue weighted by Crippen LogP contribution is -2.29. The van der Waals surface area contributed by atoms with Crippen LogP contribution in [0.2, 0.25) is 0 Å². The third kappa shape index (κ3) is 5.36. The number of rotatable bonds is 5. The molecule has 5 nitrogen and oxygen atoms in total. The predicted molar refractivity (Wildman–Crippen MR) is 69.8 cm³/mol. The molecule has 0 fully saturated rings. The van der Waals surface area contributed by atoms with E-state index in [0.717, 1.165) is 5.69 Å². The van der Waals surface area contributed by atoms with Crippen molar-refractivity contribution in [3.63, 3.8) is 0 Å². The third-order valence-electron chi connectivity index (χ3n) is 1.88. The van der Waals surface area contributed by atoms with Gasteiger partial charge in [-0.05, 0) is 12.1 Å². The summed E-state index contributed by atoms with van der Waals surface area (Å²) in [6, 6.07) is 9.39. The van der Waals surface area contributed by atoms with Crippen LogP contribution in [-0.4, -0.2) is 25.0 Å². The topological polar surface area (TPSA) is 79.5 Å². The van der Waals surface area contributed by atoms with Crippen LogP contribution in [0.4, 0.5) is 5.69 Å². The van der Waals surface area contributed by atoms with Gasteiger partial charge in [0, 0.05) is 12.2 Å². The molecule has 4 N–H and O–H groups in total. The van der Waals surface area contributed by atoms with Gasteiger partial charge in [0.2, 0.25) is 5.91 Å². The van der Waals surface area contributed by atoms with Crippen LogP contribution in [0, 0.1) is 0 Å². The molecule has 0 aromatic heterocycles. The Morgan fingerprint density at radius 2 is 2.12 bits per heavy atom. The van der Waals surface area contributed by atoms with Crippen molar-refractivity contribution >= 4 is 17.6 Å². The molecule has 1 rings (SSSR count). The normalized spacial score (nSPS) is 10.7. The molecule has 5 heteroatoms. The van der Waals surface area contributed by atoms with Crippen LogP contribution in [0.25, 0.3) is 0 Å². The molecule has 0 atom stereocenters. The number of anilines is 1. The van der Waals surface area contributed by atoms with Crippen LogP contribution in [0.5, 0.6) is 0 Å². The Labute approximate surface area is 100 Å². The van der Waals surface area contributed by atoms with Gasteiger partial charge in [0.25, 0.3) is 0 Å². The molecule has 0 radical (unpaired) electrons. The minimum Gasteiger partial charge on any atom is -0.370 e. The second-order valence-corrected chi connectivity index (χ2v) is 3.29. The summed E-state index contributed by atoms with van der Waals surface area (Å²) in [6.07, 6.45) is 1.60. The molecule has 0 saturated heterocycles. The Morgan fingerprint density at radius 3 is 2.76 bits per heavy atom. The molecule has 0 bridgehead atoms. The highest BCUT2D eigenvalue weighted by molar-refractivity contribution is 5.93. The summed E-state index contributed by atoms with van der Waals surface area (Å²) < 4.78 is 0. The second-order valence-electron chi connectivity index (χ2n) is 3.29. The first-order valence-electron chi connectivity index (χ1n) is 5.22. The molecule has 17 heavy (non-hydrogen) atoms. The number of carbonyl (C=O) groups excluding carboxylic acids is 1. The maximum atomic E-state index is 11.2. The quantitative estimate of drug-likeness (QED) is 0.397. The van der Waals surface area contributed by atoms with Crippen molar-refractivity contribution < 1.29 is 4.79 Å². The number of carbonyl (C=O) groups is 1. The zero-order chi connectivity index (χ0) is 12.5. The Morgan fingerprint density at radius 1 is 1.41 bits per heavy atom. The van der Waals surface area contributed by atoms with E-state index >= 15 is 0 Å². The lowest BCUT2D eigenvalue weighted by molar-refractivity contribution is -0.119. The van der Waals surface area contributed by atoms with Crippen molar-refractivity contribution in [2.24, 2.45) is 10.7 Å². The maximum absolute atomic E-state index is 11.2. The van der Waals surface area contributed by atoms with Crippen LogP contribution < -0.4 is 16.4 Å². The van der Waals surface area contributed by atoms with Gasteiger partial charge in [-0.25, -0.2) is 4.99 Å². The van der Waals surface area contributed by atoms with Gasteiger partial charge < -0.3 is 16.4 Å². The van der Waals surface area contributed by atoms with Gasteiger partial charge in [0.05, 0.1) is 0 Å². The van der Waals surface area contributed by atoms with Crippen LogP contribution in [-0.2, 0) is 4.79 Å². The number of hydrogen-bond donors (Lipinski definition) is 3. The van der Waals surface area contributed by atoms with Gasteiger partial charge in [-0.15, -0.1) is 6.58 Å². The average Bonchev–Trinajstić information content (AvgIpc) is 2.35. The Hall–Kier alpha value is -2.30. The Kier molecular flexibility index (Phi) is 5.30. The van der Waals surface area contributed by atoms with Crippen molar-refractivity contribution in [3.05, 3.63) is 43.0 Å². The van der Waals surface area contributed by atoms with E-state index in [1.165, 1.54) is 0 Å². The number of nitrogens with zero attached hydrogens (tertiary/aromatic N) is 1. The minimum atomic E-state index is -0.192. The molecule has 0 aliphatic rings. The molecular weight excluding hydrogens is 216 g/mol. The fourth-order valence-electron chi connectivity index (χ4n) is 1.11. The van der Waals surface area contributed by atoms with Crippen molar-refractivity contribution in [3.8, 4) is 0 Å². The molecule has 0 aliphatic heterocycles. The fraction of sp³-hybridized carbons (Fsp3) is 0.167. The number of benzene rings is 1. The molecule has 90 valence electrons. The molecule has 0 heterocycles. The summed E-state index contributed by atoms with van der Waals surface area (Å²) in [5, 5.41) is 5.49. The van der Waals surface area contributed by atoms with E-state index in [2.05, 4.69) is 22.2 Å². The number of nitrogens with one attached hydrogen (secondary N) is 2. The first-order chi connectivity index (χ1) is 8.22. The fourth-order valence-corrected chi connectivity index (χ4v) is 1.11. The summed E-state index contributed by atoms with van der Waals surface area (Å²) in [4.78, 5) is 15.1. The van der Waals surface area contributed by atoms with Gasteiger partial charge >= 0.3 is 0 Å². The highest BCUT2D eigenvalue weighted by Gasteiger charge is 1.98. The maximum Gasteiger partial charge on any atom is 0.242 e. The largest absolute Gasteiger partial charge is 0.370 e. The van der Waals surface area contributed by atoms with Crippen LogP contribution in [0.1, 0.15) is 0 Å². The van der Waals surface area contributed by atoms with Crippen molar-refractivity contribution in [1.29, 1.82) is 0 Å². The summed E-state index contributed by atoms with van der Waals surface area (Å²) in [7, 11) is 0. The number of hydrogen-bond acceptors (Lipinski definition) is 2. The first-order valence-corrected chi connectivity index (χ1v) is 5.22. The first kappa shape index (κ1) is 12.8. The zero-order valence-corrected chi connectivity index (χ0v) is 9.52. The van der Waals surface area contributed by atoms with E-state index < -0.39 is 0 Å². The van der Waals surface area contributed by atoms with Crippen LogP contribution >= 0.6 is 0 Å². The highest BCUT2D eigenvalue weighted by atomic mass is 16.1. The molecule has 0 saturated carbocycles. The smallest absolute Gasteiger partial charge is 0.242 e. The summed E-state index contributed by atoms with van der Waals surface area (Å²) in [6.45, 7) is 3.93. The van der Waals surface area contributed by atoms with E-state index in [1.54, 1.807) is 6.08 Å². The Balaban J connectivity index is 2.39. The van der Waals surface area contributed by atoms with E-state index in [4.69, 9.17) is 5.73 Å². The third-order valence-corrected chi connectivity index (χ3v) is 1.88. The van der Waals surface area contributed by atoms with Crippen molar-refractivity contribution in [2.45, 2.75) is 0 Å². The SMILES string of the molecule is C=CCNC(=O)CN=C(N)Nc1ccccc1. The molecule has 0 spiro atoms.